The molecule has 1 unspecified atom stereocenters. The van der Waals surface area contributed by atoms with Gasteiger partial charge in [0.25, 0.3) is 0 Å². The summed E-state index contributed by atoms with van der Waals surface area (Å²) >= 11 is 0. The lowest BCUT2D eigenvalue weighted by Gasteiger charge is -2.35. The molecule has 1 saturated heterocycles. The molecular weight excluding hydrogens is 326 g/mol. The predicted octanol–water partition coefficient (Wildman–Crippen LogP) is 1.84. The number of ether oxygens (including phenoxy) is 1. The molecule has 24 heavy (non-hydrogen) atoms. The van der Waals surface area contributed by atoms with Gasteiger partial charge in [-0.3, -0.25) is 4.79 Å². The first-order valence-electron chi connectivity index (χ1n) is 8.52. The Bertz CT molecular complexity index is 721. The van der Waals surface area contributed by atoms with E-state index in [0.29, 0.717) is 25.9 Å². The van der Waals surface area contributed by atoms with Crippen molar-refractivity contribution in [3.8, 4) is 5.75 Å². The number of aryl methyl sites for hydroxylation is 1. The first-order chi connectivity index (χ1) is 11.4. The molecule has 0 radical (unpaired) electrons. The molecule has 0 bridgehead atoms. The standard InChI is InChI=1S/C18H25NO4S/c1-23-16-6-5-13-11-15(4-3-14(13)12-16)18(20)19-9-7-17(8-10-19)24(2,21)22/h5-6,12,15,17H,3-4,7-11H2,1-2H3. The summed E-state index contributed by atoms with van der Waals surface area (Å²) in [5, 5.41) is -0.291. The van der Waals surface area contributed by atoms with E-state index in [1.54, 1.807) is 7.11 Å². The highest BCUT2D eigenvalue weighted by Crippen LogP contribution is 2.30. The smallest absolute Gasteiger partial charge is 0.226 e. The van der Waals surface area contributed by atoms with Crippen LogP contribution in [0.3, 0.4) is 0 Å². The zero-order valence-corrected chi connectivity index (χ0v) is 15.1. The van der Waals surface area contributed by atoms with Gasteiger partial charge in [0.15, 0.2) is 0 Å². The number of fused-ring (bicyclic) bond motifs is 1. The number of rotatable bonds is 3. The molecule has 1 atom stereocenters. The van der Waals surface area contributed by atoms with Gasteiger partial charge in [0.2, 0.25) is 5.91 Å². The molecule has 0 aromatic heterocycles. The highest BCUT2D eigenvalue weighted by molar-refractivity contribution is 7.91. The van der Waals surface area contributed by atoms with Crippen LogP contribution < -0.4 is 4.74 Å². The van der Waals surface area contributed by atoms with Crippen LogP contribution in [-0.2, 0) is 27.5 Å². The minimum Gasteiger partial charge on any atom is -0.497 e. The average Bonchev–Trinajstić information content (AvgIpc) is 2.59. The Labute approximate surface area is 143 Å². The Morgan fingerprint density at radius 2 is 1.88 bits per heavy atom. The van der Waals surface area contributed by atoms with E-state index in [1.165, 1.54) is 17.4 Å². The zero-order valence-electron chi connectivity index (χ0n) is 14.3. The Balaban J connectivity index is 1.63. The fourth-order valence-corrected chi connectivity index (χ4v) is 4.90. The SMILES string of the molecule is COc1ccc2c(c1)CCC(C(=O)N1CCC(S(C)(=O)=O)CC1)C2. The maximum atomic E-state index is 12.8. The third kappa shape index (κ3) is 3.58. The van der Waals surface area contributed by atoms with Gasteiger partial charge in [-0.2, -0.15) is 0 Å². The van der Waals surface area contributed by atoms with Crippen LogP contribution >= 0.6 is 0 Å². The molecule has 2 aliphatic rings. The Kier molecular flexibility index (Phi) is 4.85. The van der Waals surface area contributed by atoms with Crippen LogP contribution in [0.15, 0.2) is 18.2 Å². The number of hydrogen-bond donors (Lipinski definition) is 0. The Hall–Kier alpha value is -1.56. The summed E-state index contributed by atoms with van der Waals surface area (Å²) in [5.74, 6) is 1.06. The number of sulfone groups is 1. The molecule has 1 aliphatic heterocycles. The second kappa shape index (κ2) is 6.75. The van der Waals surface area contributed by atoms with Crippen molar-refractivity contribution in [2.75, 3.05) is 26.5 Å². The van der Waals surface area contributed by atoms with E-state index >= 15 is 0 Å². The highest BCUT2D eigenvalue weighted by Gasteiger charge is 2.33. The van der Waals surface area contributed by atoms with E-state index in [0.717, 1.165) is 25.0 Å². The Morgan fingerprint density at radius 3 is 2.50 bits per heavy atom. The number of carbonyl (C=O) groups is 1. The van der Waals surface area contributed by atoms with Crippen molar-refractivity contribution >= 4 is 15.7 Å². The van der Waals surface area contributed by atoms with E-state index in [1.807, 2.05) is 11.0 Å². The number of amides is 1. The van der Waals surface area contributed by atoms with E-state index in [2.05, 4.69) is 12.1 Å². The van der Waals surface area contributed by atoms with Crippen LogP contribution in [0.1, 0.15) is 30.4 Å². The second-order valence-electron chi connectivity index (χ2n) is 6.93. The maximum absolute atomic E-state index is 12.8. The first-order valence-corrected chi connectivity index (χ1v) is 10.5. The Morgan fingerprint density at radius 1 is 1.17 bits per heavy atom. The molecule has 0 saturated carbocycles. The normalized spacial score (nSPS) is 22.1. The van der Waals surface area contributed by atoms with Gasteiger partial charge in [-0.15, -0.1) is 0 Å². The van der Waals surface area contributed by atoms with Gasteiger partial charge in [-0.1, -0.05) is 6.07 Å². The minimum atomic E-state index is -3.00. The topological polar surface area (TPSA) is 63.7 Å². The quantitative estimate of drug-likeness (QED) is 0.833. The van der Waals surface area contributed by atoms with Crippen LogP contribution in [0.25, 0.3) is 0 Å². The van der Waals surface area contributed by atoms with Gasteiger partial charge < -0.3 is 9.64 Å². The molecule has 6 heteroatoms. The van der Waals surface area contributed by atoms with Crippen molar-refractivity contribution in [2.24, 2.45) is 5.92 Å². The van der Waals surface area contributed by atoms with Crippen LogP contribution in [0.5, 0.6) is 5.75 Å². The van der Waals surface area contributed by atoms with Crippen molar-refractivity contribution in [3.05, 3.63) is 29.3 Å². The van der Waals surface area contributed by atoms with E-state index in [-0.39, 0.29) is 17.1 Å². The van der Waals surface area contributed by atoms with Crippen LogP contribution in [0.4, 0.5) is 0 Å². The molecule has 1 aromatic carbocycles. The van der Waals surface area contributed by atoms with Gasteiger partial charge in [0.1, 0.15) is 15.6 Å². The van der Waals surface area contributed by atoms with Crippen molar-refractivity contribution in [3.63, 3.8) is 0 Å². The third-order valence-electron chi connectivity index (χ3n) is 5.35. The number of methoxy groups -OCH3 is 1. The van der Waals surface area contributed by atoms with Crippen LogP contribution in [0.2, 0.25) is 0 Å². The lowest BCUT2D eigenvalue weighted by Crippen LogP contribution is -2.45. The molecule has 132 valence electrons. The number of likely N-dealkylation sites (tertiary alicyclic amines) is 1. The molecular formula is C18H25NO4S. The van der Waals surface area contributed by atoms with Gasteiger partial charge >= 0.3 is 0 Å². The molecule has 1 aromatic rings. The first kappa shape index (κ1) is 17.3. The number of benzene rings is 1. The summed E-state index contributed by atoms with van der Waals surface area (Å²) in [4.78, 5) is 14.7. The molecule has 1 amide bonds. The van der Waals surface area contributed by atoms with Crippen LogP contribution in [-0.4, -0.2) is 50.9 Å². The van der Waals surface area contributed by atoms with E-state index in [9.17, 15) is 13.2 Å². The fourth-order valence-electron chi connectivity index (χ4n) is 3.83. The maximum Gasteiger partial charge on any atom is 0.226 e. The zero-order chi connectivity index (χ0) is 17.3. The van der Waals surface area contributed by atoms with Crippen molar-refractivity contribution in [1.82, 2.24) is 4.90 Å². The van der Waals surface area contributed by atoms with E-state index < -0.39 is 9.84 Å². The molecule has 3 rings (SSSR count). The largest absolute Gasteiger partial charge is 0.497 e. The van der Waals surface area contributed by atoms with E-state index in [4.69, 9.17) is 4.74 Å². The average molecular weight is 351 g/mol. The van der Waals surface area contributed by atoms with Gasteiger partial charge in [0, 0.05) is 25.3 Å². The molecule has 5 nitrogen and oxygen atoms in total. The van der Waals surface area contributed by atoms with Gasteiger partial charge in [0.05, 0.1) is 12.4 Å². The molecule has 0 spiro atoms. The molecule has 0 N–H and O–H groups in total. The summed E-state index contributed by atoms with van der Waals surface area (Å²) in [6.45, 7) is 1.12. The summed E-state index contributed by atoms with van der Waals surface area (Å²) in [5.41, 5.74) is 2.50. The lowest BCUT2D eigenvalue weighted by atomic mass is 9.83. The number of hydrogen-bond acceptors (Lipinski definition) is 4. The summed E-state index contributed by atoms with van der Waals surface area (Å²) in [6, 6.07) is 6.07. The van der Waals surface area contributed by atoms with Gasteiger partial charge in [-0.05, 0) is 55.4 Å². The van der Waals surface area contributed by atoms with Crippen molar-refractivity contribution < 1.29 is 17.9 Å². The monoisotopic (exact) mass is 351 g/mol. The minimum absolute atomic E-state index is 0.0145. The predicted molar refractivity (Wildman–Crippen MR) is 93.0 cm³/mol. The fraction of sp³-hybridized carbons (Fsp3) is 0.611. The lowest BCUT2D eigenvalue weighted by molar-refractivity contribution is -0.136. The molecule has 1 fully saturated rings. The summed E-state index contributed by atoms with van der Waals surface area (Å²) < 4.78 is 28.5. The number of nitrogens with zero attached hydrogens (tertiary/aromatic N) is 1. The third-order valence-corrected chi connectivity index (χ3v) is 7.03. The molecule has 1 aliphatic carbocycles. The van der Waals surface area contributed by atoms with Gasteiger partial charge in [-0.25, -0.2) is 8.42 Å². The molecule has 1 heterocycles. The highest BCUT2D eigenvalue weighted by atomic mass is 32.2. The number of carbonyl (C=O) groups excluding carboxylic acids is 1. The van der Waals surface area contributed by atoms with Crippen LogP contribution in [0, 0.1) is 5.92 Å². The summed E-state index contributed by atoms with van der Waals surface area (Å²) in [7, 11) is -1.33. The van der Waals surface area contributed by atoms with Crippen molar-refractivity contribution in [1.29, 1.82) is 0 Å². The number of piperidine rings is 1. The summed E-state index contributed by atoms with van der Waals surface area (Å²) in [6.07, 6.45) is 4.93. The van der Waals surface area contributed by atoms with Crippen molar-refractivity contribution in [2.45, 2.75) is 37.4 Å². The second-order valence-corrected chi connectivity index (χ2v) is 9.25.